The number of hydrogen-bond acceptors (Lipinski definition) is 2. The quantitative estimate of drug-likeness (QED) is 0.843. The highest BCUT2D eigenvalue weighted by Gasteiger charge is 2.17. The van der Waals surface area contributed by atoms with Gasteiger partial charge in [0.1, 0.15) is 11.5 Å². The van der Waals surface area contributed by atoms with Crippen molar-refractivity contribution in [3.63, 3.8) is 0 Å². The van der Waals surface area contributed by atoms with E-state index in [9.17, 15) is 4.79 Å². The third-order valence-corrected chi connectivity index (χ3v) is 3.87. The van der Waals surface area contributed by atoms with Gasteiger partial charge in [0, 0.05) is 24.5 Å². The molecule has 0 fully saturated rings. The number of fused-ring (bicyclic) bond motifs is 1. The van der Waals surface area contributed by atoms with Crippen molar-refractivity contribution >= 4 is 16.7 Å². The second-order valence-electron chi connectivity index (χ2n) is 5.13. The second-order valence-corrected chi connectivity index (χ2v) is 5.13. The number of carbonyl (C=O) groups is 1. The van der Waals surface area contributed by atoms with Crippen molar-refractivity contribution in [1.82, 2.24) is 4.57 Å². The van der Waals surface area contributed by atoms with Gasteiger partial charge in [-0.1, -0.05) is 6.07 Å². The molecule has 0 atom stereocenters. The van der Waals surface area contributed by atoms with Crippen molar-refractivity contribution in [1.29, 1.82) is 0 Å². The Morgan fingerprint density at radius 3 is 2.58 bits per heavy atom. The van der Waals surface area contributed by atoms with Crippen LogP contribution in [0.5, 0.6) is 5.75 Å². The summed E-state index contributed by atoms with van der Waals surface area (Å²) in [4.78, 5) is 11.2. The van der Waals surface area contributed by atoms with Gasteiger partial charge in [0.15, 0.2) is 0 Å². The lowest BCUT2D eigenvalue weighted by atomic mass is 10.0. The number of ketones is 1. The Balaban J connectivity index is 2.70. The van der Waals surface area contributed by atoms with Crippen LogP contribution >= 0.6 is 0 Å². The normalized spacial score (nSPS) is 11.0. The van der Waals surface area contributed by atoms with E-state index in [-0.39, 0.29) is 5.78 Å². The summed E-state index contributed by atoms with van der Waals surface area (Å²) in [5, 5.41) is 1.24. The topological polar surface area (TPSA) is 31.2 Å². The lowest BCUT2D eigenvalue weighted by molar-refractivity contribution is -0.116. The number of aryl methyl sites for hydroxylation is 3. The molecule has 19 heavy (non-hydrogen) atoms. The summed E-state index contributed by atoms with van der Waals surface area (Å²) in [5.74, 6) is 1.12. The highest BCUT2D eigenvalue weighted by molar-refractivity contribution is 5.93. The Bertz CT molecular complexity index is 638. The zero-order chi connectivity index (χ0) is 14.2. The molecule has 3 nitrogen and oxygen atoms in total. The monoisotopic (exact) mass is 259 g/mol. The van der Waals surface area contributed by atoms with Gasteiger partial charge in [-0.05, 0) is 44.4 Å². The van der Waals surface area contributed by atoms with Gasteiger partial charge in [-0.2, -0.15) is 0 Å². The number of aromatic nitrogens is 1. The Morgan fingerprint density at radius 2 is 2.00 bits per heavy atom. The Morgan fingerprint density at radius 1 is 1.32 bits per heavy atom. The molecule has 2 aromatic rings. The number of nitrogens with zero attached hydrogens (tertiary/aromatic N) is 1. The molecule has 0 spiro atoms. The molecule has 2 rings (SSSR count). The Kier molecular flexibility index (Phi) is 3.65. The minimum atomic E-state index is 0.233. The molecule has 0 aliphatic heterocycles. The number of methoxy groups -OCH3 is 1. The summed E-state index contributed by atoms with van der Waals surface area (Å²) in [7, 11) is 3.75. The maximum atomic E-state index is 11.2. The first-order valence-electron chi connectivity index (χ1n) is 6.58. The molecule has 3 heteroatoms. The average Bonchev–Trinajstić information content (AvgIpc) is 2.62. The van der Waals surface area contributed by atoms with Crippen molar-refractivity contribution in [2.45, 2.75) is 33.6 Å². The zero-order valence-electron chi connectivity index (χ0n) is 12.3. The maximum Gasteiger partial charge on any atom is 0.143 e. The van der Waals surface area contributed by atoms with Crippen molar-refractivity contribution in [3.05, 3.63) is 29.0 Å². The van der Waals surface area contributed by atoms with Crippen LogP contribution in [0.25, 0.3) is 10.9 Å². The number of ether oxygens (including phenoxy) is 1. The number of benzene rings is 1. The molecule has 0 bridgehead atoms. The van der Waals surface area contributed by atoms with Gasteiger partial charge < -0.3 is 14.1 Å². The van der Waals surface area contributed by atoms with Gasteiger partial charge >= 0.3 is 0 Å². The molecule has 0 saturated heterocycles. The summed E-state index contributed by atoms with van der Waals surface area (Å²) < 4.78 is 7.63. The van der Waals surface area contributed by atoms with E-state index in [0.29, 0.717) is 6.42 Å². The van der Waals surface area contributed by atoms with E-state index in [4.69, 9.17) is 4.74 Å². The first-order chi connectivity index (χ1) is 8.97. The van der Waals surface area contributed by atoms with Gasteiger partial charge in [-0.25, -0.2) is 0 Å². The average molecular weight is 259 g/mol. The molecule has 0 amide bonds. The van der Waals surface area contributed by atoms with Gasteiger partial charge in [-0.3, -0.25) is 0 Å². The molecular weight excluding hydrogens is 238 g/mol. The first-order valence-corrected chi connectivity index (χ1v) is 6.58. The lowest BCUT2D eigenvalue weighted by Gasteiger charge is -2.07. The minimum absolute atomic E-state index is 0.233. The van der Waals surface area contributed by atoms with E-state index in [1.54, 1.807) is 14.0 Å². The Hall–Kier alpha value is -1.77. The van der Waals surface area contributed by atoms with Crippen molar-refractivity contribution in [2.75, 3.05) is 7.11 Å². The highest BCUT2D eigenvalue weighted by atomic mass is 16.5. The molecule has 0 radical (unpaired) electrons. The molecular formula is C16H21NO2. The summed E-state index contributed by atoms with van der Waals surface area (Å²) in [6, 6.07) is 4.09. The fourth-order valence-corrected chi connectivity index (χ4v) is 2.71. The van der Waals surface area contributed by atoms with Crippen LogP contribution in [-0.2, 0) is 18.3 Å². The zero-order valence-corrected chi connectivity index (χ0v) is 12.3. The van der Waals surface area contributed by atoms with Crippen LogP contribution in [0.1, 0.15) is 30.2 Å². The standard InChI is InChI=1S/C16H21NO2/c1-10-6-9-14(19-5)16-15(10)13(8-7-11(2)18)12(3)17(16)4/h6,9H,7-8H2,1-5H3. The van der Waals surface area contributed by atoms with E-state index in [1.165, 1.54) is 22.2 Å². The van der Waals surface area contributed by atoms with E-state index in [0.717, 1.165) is 17.7 Å². The highest BCUT2D eigenvalue weighted by Crippen LogP contribution is 2.35. The first kappa shape index (κ1) is 13.7. The Labute approximate surface area is 114 Å². The number of Topliss-reactive ketones (excluding diaryl/α,β-unsaturated/α-hetero) is 1. The molecule has 0 aliphatic carbocycles. The molecule has 0 saturated carbocycles. The molecule has 102 valence electrons. The third-order valence-electron chi connectivity index (χ3n) is 3.87. The summed E-state index contributed by atoms with van der Waals surface area (Å²) in [6.45, 7) is 5.86. The molecule has 1 aromatic heterocycles. The fourth-order valence-electron chi connectivity index (χ4n) is 2.71. The summed E-state index contributed by atoms with van der Waals surface area (Å²) >= 11 is 0. The molecule has 0 unspecified atom stereocenters. The SMILES string of the molecule is COc1ccc(C)c2c(CCC(C)=O)c(C)n(C)c12. The third kappa shape index (κ3) is 2.25. The van der Waals surface area contributed by atoms with Crippen LogP contribution in [0.4, 0.5) is 0 Å². The molecule has 1 aromatic carbocycles. The molecule has 1 heterocycles. The van der Waals surface area contributed by atoms with Crippen LogP contribution in [0, 0.1) is 13.8 Å². The summed E-state index contributed by atoms with van der Waals surface area (Å²) in [5.41, 5.74) is 4.84. The minimum Gasteiger partial charge on any atom is -0.495 e. The van der Waals surface area contributed by atoms with E-state index in [2.05, 4.69) is 31.5 Å². The number of rotatable bonds is 4. The number of hydrogen-bond donors (Lipinski definition) is 0. The molecule has 0 aliphatic rings. The predicted octanol–water partition coefficient (Wildman–Crippen LogP) is 3.33. The molecule has 0 N–H and O–H groups in total. The van der Waals surface area contributed by atoms with Crippen molar-refractivity contribution < 1.29 is 9.53 Å². The second kappa shape index (κ2) is 5.08. The number of carbonyl (C=O) groups excluding carboxylic acids is 1. The van der Waals surface area contributed by atoms with Gasteiger partial charge in [0.05, 0.1) is 12.6 Å². The van der Waals surface area contributed by atoms with Crippen LogP contribution in [0.2, 0.25) is 0 Å². The van der Waals surface area contributed by atoms with E-state index in [1.807, 2.05) is 6.07 Å². The van der Waals surface area contributed by atoms with Crippen molar-refractivity contribution in [3.8, 4) is 5.75 Å². The predicted molar refractivity (Wildman–Crippen MR) is 77.9 cm³/mol. The lowest BCUT2D eigenvalue weighted by Crippen LogP contribution is -1.97. The van der Waals surface area contributed by atoms with Crippen molar-refractivity contribution in [2.24, 2.45) is 7.05 Å². The maximum absolute atomic E-state index is 11.2. The van der Waals surface area contributed by atoms with E-state index >= 15 is 0 Å². The van der Waals surface area contributed by atoms with Crippen LogP contribution in [-0.4, -0.2) is 17.5 Å². The van der Waals surface area contributed by atoms with Crippen LogP contribution in [0.3, 0.4) is 0 Å². The van der Waals surface area contributed by atoms with Crippen LogP contribution < -0.4 is 4.74 Å². The smallest absolute Gasteiger partial charge is 0.143 e. The summed E-state index contributed by atoms with van der Waals surface area (Å²) in [6.07, 6.45) is 1.39. The van der Waals surface area contributed by atoms with Gasteiger partial charge in [0.25, 0.3) is 0 Å². The fraction of sp³-hybridized carbons (Fsp3) is 0.438. The van der Waals surface area contributed by atoms with Crippen LogP contribution in [0.15, 0.2) is 12.1 Å². The van der Waals surface area contributed by atoms with E-state index < -0.39 is 0 Å². The van der Waals surface area contributed by atoms with Gasteiger partial charge in [0.2, 0.25) is 0 Å². The largest absolute Gasteiger partial charge is 0.495 e. The van der Waals surface area contributed by atoms with Gasteiger partial charge in [-0.15, -0.1) is 0 Å².